The number of rotatable bonds is 3. The van der Waals surface area contributed by atoms with Crippen molar-refractivity contribution in [3.63, 3.8) is 0 Å². The number of phenolic OH excluding ortho intramolecular Hbond substituents is 1. The lowest BCUT2D eigenvalue weighted by molar-refractivity contribution is -0.196. The third kappa shape index (κ3) is 3.19. The lowest BCUT2D eigenvalue weighted by Gasteiger charge is -2.56. The van der Waals surface area contributed by atoms with Crippen LogP contribution in [0.2, 0.25) is 0 Å². The molecule has 5 N–H and O–H groups in total. The van der Waals surface area contributed by atoms with Gasteiger partial charge in [-0.25, -0.2) is 0 Å². The number of phenols is 1. The Morgan fingerprint density at radius 2 is 1.76 bits per heavy atom. The van der Waals surface area contributed by atoms with Gasteiger partial charge in [-0.2, -0.15) is 0 Å². The molecule has 11 heteroatoms. The van der Waals surface area contributed by atoms with Gasteiger partial charge in [0.05, 0.1) is 35.2 Å². The van der Waals surface area contributed by atoms with E-state index in [-0.39, 0.29) is 11.1 Å². The standard InChI is InChI=1S/C27H27N3O8/c1-10-11-7-8-12(13-6-4-5-9-29-13)20(31)15(11)21(32)16-14(10)22(33)18-19(30(2)3)23(34)17(26(28)37)25(36)27(18,38)24(16)35/h4-10,14,16-19,22,31,33,38H,1-3H3,(H2,28,37)/t10-,14+,16?,17?,18+,19-,22-,27-/m1/s1. The fourth-order valence-corrected chi connectivity index (χ4v) is 6.72. The summed E-state index contributed by atoms with van der Waals surface area (Å²) in [6, 6.07) is 6.81. The maximum absolute atomic E-state index is 14.0. The molecule has 8 atom stereocenters. The number of aromatic nitrogens is 1. The molecule has 0 saturated heterocycles. The van der Waals surface area contributed by atoms with E-state index in [1.807, 2.05) is 0 Å². The van der Waals surface area contributed by atoms with E-state index in [1.54, 1.807) is 37.3 Å². The first kappa shape index (κ1) is 25.8. The summed E-state index contributed by atoms with van der Waals surface area (Å²) < 4.78 is 0. The third-order valence-electron chi connectivity index (χ3n) is 8.43. The number of aliphatic hydroxyl groups is 2. The van der Waals surface area contributed by atoms with Crippen molar-refractivity contribution in [3.8, 4) is 17.0 Å². The molecule has 11 nitrogen and oxygen atoms in total. The van der Waals surface area contributed by atoms with Crippen molar-refractivity contribution in [1.29, 1.82) is 0 Å². The van der Waals surface area contributed by atoms with Gasteiger partial charge in [0.25, 0.3) is 0 Å². The van der Waals surface area contributed by atoms with E-state index in [2.05, 4.69) is 4.98 Å². The SMILES string of the molecule is C[C@@H]1c2ccc(-c3ccccn3)c(O)c2C(=O)C2C(=O)[C@@]3(O)C(=O)C(C(N)=O)C(=O)[C@H](N(C)C)[C@H]3[C@H](O)[C@H]21. The van der Waals surface area contributed by atoms with Gasteiger partial charge in [-0.05, 0) is 43.8 Å². The summed E-state index contributed by atoms with van der Waals surface area (Å²) in [5.74, 6) is -13.5. The van der Waals surface area contributed by atoms with Gasteiger partial charge in [-0.1, -0.05) is 19.1 Å². The van der Waals surface area contributed by atoms with Gasteiger partial charge >= 0.3 is 0 Å². The van der Waals surface area contributed by atoms with E-state index in [0.717, 1.165) is 0 Å². The molecule has 2 saturated carbocycles. The summed E-state index contributed by atoms with van der Waals surface area (Å²) in [6.07, 6.45) is -0.154. The molecule has 0 radical (unpaired) electrons. The number of Topliss-reactive ketones (excluding diaryl/α,β-unsaturated/α-hetero) is 4. The Morgan fingerprint density at radius 3 is 2.34 bits per heavy atom. The molecule has 5 rings (SSSR count). The fourth-order valence-electron chi connectivity index (χ4n) is 6.72. The Hall–Kier alpha value is -3.80. The molecular formula is C27H27N3O8. The number of fused-ring (bicyclic) bond motifs is 3. The number of benzene rings is 1. The van der Waals surface area contributed by atoms with Crippen LogP contribution in [0.5, 0.6) is 5.75 Å². The van der Waals surface area contributed by atoms with Gasteiger partial charge in [0.1, 0.15) is 5.75 Å². The molecular weight excluding hydrogens is 494 g/mol. The van der Waals surface area contributed by atoms with Gasteiger partial charge in [-0.15, -0.1) is 0 Å². The van der Waals surface area contributed by atoms with Crippen molar-refractivity contribution < 1.29 is 39.3 Å². The van der Waals surface area contributed by atoms with Crippen LogP contribution in [0.4, 0.5) is 0 Å². The zero-order chi connectivity index (χ0) is 27.8. The fraction of sp³-hybridized carbons (Fsp3) is 0.407. The minimum Gasteiger partial charge on any atom is -0.506 e. The smallest absolute Gasteiger partial charge is 0.235 e. The van der Waals surface area contributed by atoms with Crippen LogP contribution < -0.4 is 5.73 Å². The maximum atomic E-state index is 14.0. The summed E-state index contributed by atoms with van der Waals surface area (Å²) in [5, 5.41) is 34.4. The first-order valence-electron chi connectivity index (χ1n) is 12.2. The molecule has 2 unspecified atom stereocenters. The largest absolute Gasteiger partial charge is 0.506 e. The van der Waals surface area contributed by atoms with E-state index in [0.29, 0.717) is 11.3 Å². The Kier molecular flexibility index (Phi) is 5.86. The number of primary amides is 1. The van der Waals surface area contributed by atoms with Crippen molar-refractivity contribution in [2.45, 2.75) is 30.6 Å². The second kappa shape index (κ2) is 8.62. The van der Waals surface area contributed by atoms with Gasteiger partial charge < -0.3 is 21.1 Å². The molecule has 0 aliphatic heterocycles. The van der Waals surface area contributed by atoms with Crippen molar-refractivity contribution >= 4 is 29.0 Å². The number of nitrogens with zero attached hydrogens (tertiary/aromatic N) is 2. The number of carbonyl (C=O) groups excluding carboxylic acids is 5. The van der Waals surface area contributed by atoms with Crippen LogP contribution >= 0.6 is 0 Å². The molecule has 3 aliphatic carbocycles. The molecule has 1 aromatic heterocycles. The zero-order valence-corrected chi connectivity index (χ0v) is 20.9. The van der Waals surface area contributed by atoms with Crippen molar-refractivity contribution in [1.82, 2.24) is 9.88 Å². The number of hydrogen-bond donors (Lipinski definition) is 4. The quantitative estimate of drug-likeness (QED) is 0.382. The molecule has 198 valence electrons. The predicted molar refractivity (Wildman–Crippen MR) is 131 cm³/mol. The Balaban J connectivity index is 1.71. The van der Waals surface area contributed by atoms with Crippen LogP contribution in [0.15, 0.2) is 36.5 Å². The first-order chi connectivity index (χ1) is 17.8. The van der Waals surface area contributed by atoms with Crippen LogP contribution in [0.3, 0.4) is 0 Å². The number of aliphatic hydroxyl groups excluding tert-OH is 1. The van der Waals surface area contributed by atoms with E-state index in [9.17, 15) is 39.3 Å². The van der Waals surface area contributed by atoms with Gasteiger partial charge in [0, 0.05) is 17.7 Å². The van der Waals surface area contributed by atoms with Crippen molar-refractivity contribution in [2.24, 2.45) is 29.4 Å². The molecule has 0 bridgehead atoms. The number of aromatic hydroxyl groups is 1. The first-order valence-corrected chi connectivity index (χ1v) is 12.2. The van der Waals surface area contributed by atoms with Crippen molar-refractivity contribution in [3.05, 3.63) is 47.7 Å². The van der Waals surface area contributed by atoms with Gasteiger partial charge in [0.15, 0.2) is 34.7 Å². The van der Waals surface area contributed by atoms with E-state index in [1.165, 1.54) is 25.2 Å². The highest BCUT2D eigenvalue weighted by Gasteiger charge is 2.72. The lowest BCUT2D eigenvalue weighted by Crippen LogP contribution is -2.77. The Morgan fingerprint density at radius 1 is 1.08 bits per heavy atom. The number of carbonyl (C=O) groups is 5. The van der Waals surface area contributed by atoms with Crippen LogP contribution in [0, 0.1) is 23.7 Å². The summed E-state index contributed by atoms with van der Waals surface area (Å²) in [6.45, 7) is 1.66. The molecule has 2 aromatic rings. The van der Waals surface area contributed by atoms with Crippen molar-refractivity contribution in [2.75, 3.05) is 14.1 Å². The second-order valence-electron chi connectivity index (χ2n) is 10.5. The minimum atomic E-state index is -3.02. The summed E-state index contributed by atoms with van der Waals surface area (Å²) in [7, 11) is 2.89. The summed E-state index contributed by atoms with van der Waals surface area (Å²) >= 11 is 0. The van der Waals surface area contributed by atoms with E-state index in [4.69, 9.17) is 5.73 Å². The molecule has 1 amide bonds. The molecule has 1 heterocycles. The summed E-state index contributed by atoms with van der Waals surface area (Å²) in [4.78, 5) is 72.0. The normalized spacial score (nSPS) is 34.5. The number of ketones is 4. The number of amides is 1. The monoisotopic (exact) mass is 521 g/mol. The topological polar surface area (TPSA) is 188 Å². The van der Waals surface area contributed by atoms with E-state index >= 15 is 0 Å². The van der Waals surface area contributed by atoms with Crippen LogP contribution in [0.1, 0.15) is 28.8 Å². The number of likely N-dealkylation sites (N-methyl/N-ethyl adjacent to an activating group) is 1. The number of nitrogens with two attached hydrogens (primary N) is 1. The molecule has 38 heavy (non-hydrogen) atoms. The molecule has 3 aliphatic rings. The molecule has 2 fully saturated rings. The Labute approximate surface area is 217 Å². The maximum Gasteiger partial charge on any atom is 0.235 e. The zero-order valence-electron chi connectivity index (χ0n) is 20.9. The highest BCUT2D eigenvalue weighted by Crippen LogP contribution is 2.55. The van der Waals surface area contributed by atoms with Crippen LogP contribution in [-0.4, -0.2) is 86.1 Å². The average molecular weight is 522 g/mol. The third-order valence-corrected chi connectivity index (χ3v) is 8.43. The minimum absolute atomic E-state index is 0.167. The van der Waals surface area contributed by atoms with Crippen LogP contribution in [0.25, 0.3) is 11.3 Å². The Bertz CT molecular complexity index is 1410. The molecule has 1 aromatic carbocycles. The molecule has 0 spiro atoms. The van der Waals surface area contributed by atoms with Crippen LogP contribution in [-0.2, 0) is 19.2 Å². The highest BCUT2D eigenvalue weighted by molar-refractivity contribution is 6.32. The predicted octanol–water partition coefficient (Wildman–Crippen LogP) is -0.539. The lowest BCUT2D eigenvalue weighted by atomic mass is 9.49. The number of pyridine rings is 1. The highest BCUT2D eigenvalue weighted by atomic mass is 16.3. The summed E-state index contributed by atoms with van der Waals surface area (Å²) in [5.41, 5.74) is 3.12. The second-order valence-corrected chi connectivity index (χ2v) is 10.5. The van der Waals surface area contributed by atoms with Gasteiger partial charge in [0.2, 0.25) is 5.91 Å². The average Bonchev–Trinajstić information content (AvgIpc) is 2.86. The number of hydrogen-bond acceptors (Lipinski definition) is 10. The van der Waals surface area contributed by atoms with E-state index < -0.39 is 82.1 Å². The van der Waals surface area contributed by atoms with Gasteiger partial charge in [-0.3, -0.25) is 33.9 Å².